The Hall–Kier alpha value is -2.39. The Morgan fingerprint density at radius 1 is 1.24 bits per heavy atom. The van der Waals surface area contributed by atoms with Crippen molar-refractivity contribution in [3.8, 4) is 0 Å². The second-order valence-corrected chi connectivity index (χ2v) is 8.18. The number of anilines is 1. The Morgan fingerprint density at radius 3 is 2.64 bits per heavy atom. The van der Waals surface area contributed by atoms with Crippen LogP contribution in [0.4, 0.5) is 5.69 Å². The molecule has 0 fully saturated rings. The third-order valence-electron chi connectivity index (χ3n) is 3.86. The fraction of sp³-hybridized carbons (Fsp3) is 0.125. The summed E-state index contributed by atoms with van der Waals surface area (Å²) in [6, 6.07) is 6.09. The summed E-state index contributed by atoms with van der Waals surface area (Å²) in [6.07, 6.45) is 1.67. The Morgan fingerprint density at radius 2 is 1.96 bits per heavy atom. The van der Waals surface area contributed by atoms with Gasteiger partial charge in [-0.05, 0) is 49.2 Å². The summed E-state index contributed by atoms with van der Waals surface area (Å²) in [5.41, 5.74) is 2.03. The molecule has 1 aromatic heterocycles. The van der Waals surface area contributed by atoms with Gasteiger partial charge < -0.3 is 5.11 Å². The molecule has 0 unspecified atom stereocenters. The highest BCUT2D eigenvalue weighted by Gasteiger charge is 2.22. The predicted octanol–water partition coefficient (Wildman–Crippen LogP) is 3.44. The molecule has 130 valence electrons. The normalized spacial score (nSPS) is 11.6. The number of carboxylic acid groups (broad SMARTS) is 1. The van der Waals surface area contributed by atoms with Crippen molar-refractivity contribution < 1.29 is 18.3 Å². The number of fused-ring (bicyclic) bond motifs is 1. The van der Waals surface area contributed by atoms with Gasteiger partial charge in [-0.15, -0.1) is 0 Å². The number of rotatable bonds is 4. The van der Waals surface area contributed by atoms with Gasteiger partial charge in [0.25, 0.3) is 10.0 Å². The van der Waals surface area contributed by atoms with E-state index in [4.69, 9.17) is 0 Å². The SMILES string of the molecule is Cc1c(C(=O)O)cc(Br)cc1S(=O)(=O)Nc1cc(C)c2cn[nH]c2c1. The van der Waals surface area contributed by atoms with Crippen LogP contribution in [0.15, 0.2) is 39.8 Å². The van der Waals surface area contributed by atoms with Crippen molar-refractivity contribution >= 4 is 48.5 Å². The van der Waals surface area contributed by atoms with Gasteiger partial charge in [0.2, 0.25) is 0 Å². The maximum Gasteiger partial charge on any atom is 0.336 e. The molecule has 0 saturated heterocycles. The van der Waals surface area contributed by atoms with Crippen LogP contribution >= 0.6 is 15.9 Å². The maximum atomic E-state index is 12.8. The minimum atomic E-state index is -3.97. The minimum absolute atomic E-state index is 0.0741. The zero-order chi connectivity index (χ0) is 18.4. The quantitative estimate of drug-likeness (QED) is 0.594. The average molecular weight is 424 g/mol. The number of carbonyl (C=O) groups is 1. The molecule has 0 amide bonds. The standard InChI is InChI=1S/C16H14BrN3O4S/c1-8-3-11(6-14-13(8)7-18-19-14)20-25(23,24)15-5-10(17)4-12(9(15)2)16(21)22/h3-7,20H,1-2H3,(H,18,19)(H,21,22). The maximum absolute atomic E-state index is 12.8. The van der Waals surface area contributed by atoms with Gasteiger partial charge >= 0.3 is 5.97 Å². The first-order valence-corrected chi connectivity index (χ1v) is 9.46. The zero-order valence-corrected chi connectivity index (χ0v) is 15.7. The number of carboxylic acids is 1. The number of benzene rings is 2. The highest BCUT2D eigenvalue weighted by Crippen LogP contribution is 2.28. The van der Waals surface area contributed by atoms with Crippen LogP contribution in [0, 0.1) is 13.8 Å². The molecule has 1 heterocycles. The van der Waals surface area contributed by atoms with Crippen LogP contribution in [0.5, 0.6) is 0 Å². The van der Waals surface area contributed by atoms with Crippen LogP contribution in [0.3, 0.4) is 0 Å². The van der Waals surface area contributed by atoms with Crippen molar-refractivity contribution in [2.24, 2.45) is 0 Å². The Bertz CT molecular complexity index is 1110. The minimum Gasteiger partial charge on any atom is -0.478 e. The molecule has 0 atom stereocenters. The molecule has 0 radical (unpaired) electrons. The Labute approximate surface area is 152 Å². The number of aromatic nitrogens is 2. The number of nitrogens with one attached hydrogen (secondary N) is 2. The lowest BCUT2D eigenvalue weighted by molar-refractivity contribution is 0.0695. The summed E-state index contributed by atoms with van der Waals surface area (Å²) in [4.78, 5) is 11.2. The number of aryl methyl sites for hydroxylation is 1. The van der Waals surface area contributed by atoms with Gasteiger partial charge in [0, 0.05) is 9.86 Å². The molecular weight excluding hydrogens is 410 g/mol. The highest BCUT2D eigenvalue weighted by molar-refractivity contribution is 9.10. The van der Waals surface area contributed by atoms with Crippen LogP contribution in [0.1, 0.15) is 21.5 Å². The summed E-state index contributed by atoms with van der Waals surface area (Å²) in [5.74, 6) is -1.19. The van der Waals surface area contributed by atoms with E-state index in [2.05, 4.69) is 30.8 Å². The number of nitrogens with zero attached hydrogens (tertiary/aromatic N) is 1. The zero-order valence-electron chi connectivity index (χ0n) is 13.3. The van der Waals surface area contributed by atoms with Crippen LogP contribution in [-0.2, 0) is 10.0 Å². The number of hydrogen-bond acceptors (Lipinski definition) is 4. The van der Waals surface area contributed by atoms with Crippen LogP contribution in [0.2, 0.25) is 0 Å². The molecule has 0 saturated carbocycles. The molecule has 3 N–H and O–H groups in total. The molecule has 3 rings (SSSR count). The molecule has 2 aromatic carbocycles. The summed E-state index contributed by atoms with van der Waals surface area (Å²) < 4.78 is 28.4. The number of halogens is 1. The number of aromatic carboxylic acids is 1. The van der Waals surface area contributed by atoms with Gasteiger partial charge in [0.05, 0.1) is 27.9 Å². The summed E-state index contributed by atoms with van der Waals surface area (Å²) in [5, 5.41) is 16.9. The number of aromatic amines is 1. The van der Waals surface area contributed by atoms with E-state index in [1.807, 2.05) is 6.92 Å². The lowest BCUT2D eigenvalue weighted by Gasteiger charge is -2.13. The third-order valence-corrected chi connectivity index (χ3v) is 5.83. The molecule has 0 aliphatic rings. The smallest absolute Gasteiger partial charge is 0.336 e. The average Bonchev–Trinajstić information content (AvgIpc) is 2.97. The van der Waals surface area contributed by atoms with Gasteiger partial charge in [-0.1, -0.05) is 15.9 Å². The van der Waals surface area contributed by atoms with Crippen LogP contribution in [-0.4, -0.2) is 29.7 Å². The predicted molar refractivity (Wildman–Crippen MR) is 97.5 cm³/mol. The van der Waals surface area contributed by atoms with E-state index in [1.54, 1.807) is 18.3 Å². The first-order chi connectivity index (χ1) is 11.7. The van der Waals surface area contributed by atoms with Gasteiger partial charge in [0.15, 0.2) is 0 Å². The van der Waals surface area contributed by atoms with E-state index in [1.165, 1.54) is 19.1 Å². The van der Waals surface area contributed by atoms with E-state index < -0.39 is 16.0 Å². The molecule has 0 spiro atoms. The lowest BCUT2D eigenvalue weighted by atomic mass is 10.1. The fourth-order valence-corrected chi connectivity index (χ4v) is 4.60. The Balaban J connectivity index is 2.09. The lowest BCUT2D eigenvalue weighted by Crippen LogP contribution is -2.16. The molecule has 0 aliphatic heterocycles. The van der Waals surface area contributed by atoms with Crippen molar-refractivity contribution in [1.29, 1.82) is 0 Å². The van der Waals surface area contributed by atoms with Crippen molar-refractivity contribution in [3.63, 3.8) is 0 Å². The van der Waals surface area contributed by atoms with Crippen molar-refractivity contribution in [3.05, 3.63) is 51.6 Å². The first kappa shape index (κ1) is 17.4. The summed E-state index contributed by atoms with van der Waals surface area (Å²) in [6.45, 7) is 3.32. The number of hydrogen-bond donors (Lipinski definition) is 3. The largest absolute Gasteiger partial charge is 0.478 e. The van der Waals surface area contributed by atoms with Gasteiger partial charge in [-0.3, -0.25) is 9.82 Å². The topological polar surface area (TPSA) is 112 Å². The second-order valence-electron chi connectivity index (χ2n) is 5.61. The highest BCUT2D eigenvalue weighted by atomic mass is 79.9. The van der Waals surface area contributed by atoms with Crippen molar-refractivity contribution in [1.82, 2.24) is 10.2 Å². The van der Waals surface area contributed by atoms with Crippen molar-refractivity contribution in [2.75, 3.05) is 4.72 Å². The summed E-state index contributed by atoms with van der Waals surface area (Å²) >= 11 is 3.16. The summed E-state index contributed by atoms with van der Waals surface area (Å²) in [7, 11) is -3.97. The molecular formula is C16H14BrN3O4S. The molecule has 25 heavy (non-hydrogen) atoms. The van der Waals surface area contributed by atoms with E-state index in [0.29, 0.717) is 15.7 Å². The van der Waals surface area contributed by atoms with E-state index in [9.17, 15) is 18.3 Å². The number of H-pyrrole nitrogens is 1. The third kappa shape index (κ3) is 3.24. The van der Waals surface area contributed by atoms with Gasteiger partial charge in [-0.2, -0.15) is 5.10 Å². The van der Waals surface area contributed by atoms with Crippen molar-refractivity contribution in [2.45, 2.75) is 18.7 Å². The fourth-order valence-electron chi connectivity index (χ4n) is 2.65. The molecule has 0 aliphatic carbocycles. The van der Waals surface area contributed by atoms with Crippen LogP contribution in [0.25, 0.3) is 10.9 Å². The van der Waals surface area contributed by atoms with E-state index in [0.717, 1.165) is 10.9 Å². The van der Waals surface area contributed by atoms with Gasteiger partial charge in [-0.25, -0.2) is 13.2 Å². The molecule has 7 nitrogen and oxygen atoms in total. The van der Waals surface area contributed by atoms with Gasteiger partial charge in [0.1, 0.15) is 0 Å². The Kier molecular flexibility index (Phi) is 4.29. The van der Waals surface area contributed by atoms with E-state index in [-0.39, 0.29) is 16.0 Å². The monoisotopic (exact) mass is 423 g/mol. The second kappa shape index (κ2) is 6.16. The first-order valence-electron chi connectivity index (χ1n) is 7.19. The molecule has 9 heteroatoms. The molecule has 3 aromatic rings. The van der Waals surface area contributed by atoms with Crippen LogP contribution < -0.4 is 4.72 Å². The molecule has 0 bridgehead atoms. The number of sulfonamides is 1. The van der Waals surface area contributed by atoms with E-state index >= 15 is 0 Å².